The van der Waals surface area contributed by atoms with Crippen LogP contribution in [0.5, 0.6) is 0 Å². The molecule has 5 rings (SSSR count). The molecule has 136 valence electrons. The Balaban J connectivity index is 1.57. The standard InChI is InChI=1S/C20H23N3O2S/c1-13-5-14(2)7-16(6-13)19(24)22-8-15-3-4-18(10-22)23(20(15)25)9-17-11-26-12-21-17/h5-7,11-12,15,18H,3-4,8-10H2,1-2H3/t15-,18+/m1/s1. The lowest BCUT2D eigenvalue weighted by atomic mass is 9.94. The van der Waals surface area contributed by atoms with Crippen molar-refractivity contribution in [1.82, 2.24) is 14.8 Å². The average molecular weight is 369 g/mol. The molecule has 5 nitrogen and oxygen atoms in total. The van der Waals surface area contributed by atoms with Gasteiger partial charge in [-0.3, -0.25) is 9.59 Å². The first-order valence-electron chi connectivity index (χ1n) is 9.06. The van der Waals surface area contributed by atoms with E-state index in [1.165, 1.54) is 0 Å². The summed E-state index contributed by atoms with van der Waals surface area (Å²) in [5, 5.41) is 1.99. The van der Waals surface area contributed by atoms with E-state index in [1.54, 1.807) is 16.8 Å². The van der Waals surface area contributed by atoms with E-state index >= 15 is 0 Å². The fraction of sp³-hybridized carbons (Fsp3) is 0.450. The molecule has 0 spiro atoms. The fourth-order valence-electron chi connectivity index (χ4n) is 4.19. The van der Waals surface area contributed by atoms with E-state index in [-0.39, 0.29) is 23.8 Å². The lowest BCUT2D eigenvalue weighted by molar-refractivity contribution is -0.140. The molecule has 2 atom stereocenters. The average Bonchev–Trinajstić information content (AvgIpc) is 2.96. The van der Waals surface area contributed by atoms with Gasteiger partial charge >= 0.3 is 0 Å². The van der Waals surface area contributed by atoms with Crippen molar-refractivity contribution in [2.75, 3.05) is 13.1 Å². The Kier molecular flexibility index (Phi) is 4.53. The maximum atomic E-state index is 13.1. The molecule has 3 fully saturated rings. The van der Waals surface area contributed by atoms with Crippen LogP contribution in [0, 0.1) is 19.8 Å². The highest BCUT2D eigenvalue weighted by atomic mass is 32.1. The van der Waals surface area contributed by atoms with Crippen molar-refractivity contribution in [3.63, 3.8) is 0 Å². The molecule has 1 aromatic carbocycles. The number of thiazole rings is 1. The first-order chi connectivity index (χ1) is 12.5. The molecule has 3 aliphatic rings. The zero-order valence-corrected chi connectivity index (χ0v) is 16.0. The maximum Gasteiger partial charge on any atom is 0.253 e. The zero-order valence-electron chi connectivity index (χ0n) is 15.1. The van der Waals surface area contributed by atoms with Crippen LogP contribution in [0.25, 0.3) is 0 Å². The van der Waals surface area contributed by atoms with Gasteiger partial charge in [0.15, 0.2) is 0 Å². The largest absolute Gasteiger partial charge is 0.336 e. The van der Waals surface area contributed by atoms with Crippen LogP contribution in [-0.4, -0.2) is 45.7 Å². The molecule has 2 amide bonds. The summed E-state index contributed by atoms with van der Waals surface area (Å²) in [5.41, 5.74) is 5.64. The molecular formula is C20H23N3O2S. The van der Waals surface area contributed by atoms with Gasteiger partial charge in [-0.2, -0.15) is 0 Å². The van der Waals surface area contributed by atoms with E-state index in [1.807, 2.05) is 41.2 Å². The summed E-state index contributed by atoms with van der Waals surface area (Å²) in [5.74, 6) is 0.115. The van der Waals surface area contributed by atoms with E-state index in [2.05, 4.69) is 11.1 Å². The van der Waals surface area contributed by atoms with Crippen LogP contribution in [-0.2, 0) is 11.3 Å². The summed E-state index contributed by atoms with van der Waals surface area (Å²) in [4.78, 5) is 34.2. The number of piperidine rings is 1. The van der Waals surface area contributed by atoms with Gasteiger partial charge in [0, 0.05) is 30.1 Å². The van der Waals surface area contributed by atoms with Gasteiger partial charge in [-0.1, -0.05) is 17.2 Å². The van der Waals surface area contributed by atoms with Crippen molar-refractivity contribution in [2.45, 2.75) is 39.3 Å². The van der Waals surface area contributed by atoms with Crippen LogP contribution in [0.1, 0.15) is 40.0 Å². The number of carbonyl (C=O) groups excluding carboxylic acids is 2. The predicted molar refractivity (Wildman–Crippen MR) is 101 cm³/mol. The van der Waals surface area contributed by atoms with Crippen molar-refractivity contribution < 1.29 is 9.59 Å². The number of benzene rings is 1. The molecule has 2 bridgehead atoms. The Bertz CT molecular complexity index is 813. The van der Waals surface area contributed by atoms with Crippen LogP contribution in [0.3, 0.4) is 0 Å². The topological polar surface area (TPSA) is 53.5 Å². The number of nitrogens with zero attached hydrogens (tertiary/aromatic N) is 3. The highest BCUT2D eigenvalue weighted by Gasteiger charge is 2.42. The number of amides is 2. The molecule has 6 heteroatoms. The number of hydrogen-bond donors (Lipinski definition) is 0. The Morgan fingerprint density at radius 1 is 1.19 bits per heavy atom. The molecule has 2 aromatic rings. The maximum absolute atomic E-state index is 13.1. The number of rotatable bonds is 3. The van der Waals surface area contributed by atoms with Gasteiger partial charge in [0.05, 0.1) is 23.7 Å². The Morgan fingerprint density at radius 2 is 1.96 bits per heavy atom. The van der Waals surface area contributed by atoms with Crippen molar-refractivity contribution in [1.29, 1.82) is 0 Å². The summed E-state index contributed by atoms with van der Waals surface area (Å²) in [6.07, 6.45) is 1.82. The molecular weight excluding hydrogens is 346 g/mol. The highest BCUT2D eigenvalue weighted by Crippen LogP contribution is 2.31. The Morgan fingerprint density at radius 3 is 2.65 bits per heavy atom. The number of fused-ring (bicyclic) bond motifs is 4. The summed E-state index contributed by atoms with van der Waals surface area (Å²) in [6, 6.07) is 6.04. The third-order valence-corrected chi connectivity index (χ3v) is 6.00. The van der Waals surface area contributed by atoms with Gasteiger partial charge in [-0.25, -0.2) is 4.98 Å². The van der Waals surface area contributed by atoms with Gasteiger partial charge in [-0.05, 0) is 38.8 Å². The molecule has 3 aliphatic heterocycles. The third-order valence-electron chi connectivity index (χ3n) is 5.37. The molecule has 3 saturated heterocycles. The van der Waals surface area contributed by atoms with Gasteiger partial charge < -0.3 is 9.80 Å². The first kappa shape index (κ1) is 17.2. The number of carbonyl (C=O) groups is 2. The summed E-state index contributed by atoms with van der Waals surface area (Å²) < 4.78 is 0. The fourth-order valence-corrected chi connectivity index (χ4v) is 4.73. The Labute approximate surface area is 157 Å². The van der Waals surface area contributed by atoms with Crippen LogP contribution < -0.4 is 0 Å². The molecule has 4 heterocycles. The number of aryl methyl sites for hydroxylation is 2. The second-order valence-electron chi connectivity index (χ2n) is 7.46. The van der Waals surface area contributed by atoms with E-state index in [4.69, 9.17) is 0 Å². The Hall–Kier alpha value is -2.21. The van der Waals surface area contributed by atoms with Crippen molar-refractivity contribution in [3.8, 4) is 0 Å². The molecule has 0 radical (unpaired) electrons. The van der Waals surface area contributed by atoms with Crippen LogP contribution in [0.15, 0.2) is 29.1 Å². The van der Waals surface area contributed by atoms with E-state index in [9.17, 15) is 9.59 Å². The van der Waals surface area contributed by atoms with Gasteiger partial charge in [0.25, 0.3) is 5.91 Å². The molecule has 0 aliphatic carbocycles. The number of aromatic nitrogens is 1. The first-order valence-corrected chi connectivity index (χ1v) is 10.0. The smallest absolute Gasteiger partial charge is 0.253 e. The number of hydrogen-bond acceptors (Lipinski definition) is 4. The van der Waals surface area contributed by atoms with Crippen LogP contribution in [0.4, 0.5) is 0 Å². The normalized spacial score (nSPS) is 22.6. The monoisotopic (exact) mass is 369 g/mol. The molecule has 1 aromatic heterocycles. The SMILES string of the molecule is Cc1cc(C)cc(C(=O)N2C[C@H]3CC[C@@H](C2)N(Cc2cscn2)C3=O)c1. The minimum atomic E-state index is -0.0951. The second-order valence-corrected chi connectivity index (χ2v) is 8.18. The second kappa shape index (κ2) is 6.83. The van der Waals surface area contributed by atoms with E-state index in [0.717, 1.165) is 35.2 Å². The summed E-state index contributed by atoms with van der Waals surface area (Å²) in [6.45, 7) is 5.70. The molecule has 0 N–H and O–H groups in total. The van der Waals surface area contributed by atoms with Crippen molar-refractivity contribution in [3.05, 3.63) is 51.5 Å². The predicted octanol–water partition coefficient (Wildman–Crippen LogP) is 3.02. The van der Waals surface area contributed by atoms with Crippen molar-refractivity contribution >= 4 is 23.2 Å². The zero-order chi connectivity index (χ0) is 18.3. The minimum absolute atomic E-state index is 0.0389. The molecule has 26 heavy (non-hydrogen) atoms. The van der Waals surface area contributed by atoms with Gasteiger partial charge in [0.2, 0.25) is 5.91 Å². The van der Waals surface area contributed by atoms with Gasteiger partial charge in [0.1, 0.15) is 0 Å². The lowest BCUT2D eigenvalue weighted by Crippen LogP contribution is -2.47. The molecule has 0 unspecified atom stereocenters. The minimum Gasteiger partial charge on any atom is -0.336 e. The highest BCUT2D eigenvalue weighted by molar-refractivity contribution is 7.07. The lowest BCUT2D eigenvalue weighted by Gasteiger charge is -2.35. The third kappa shape index (κ3) is 3.26. The van der Waals surface area contributed by atoms with E-state index in [0.29, 0.717) is 19.6 Å². The van der Waals surface area contributed by atoms with E-state index < -0.39 is 0 Å². The van der Waals surface area contributed by atoms with Crippen LogP contribution in [0.2, 0.25) is 0 Å². The van der Waals surface area contributed by atoms with Crippen molar-refractivity contribution in [2.24, 2.45) is 5.92 Å². The molecule has 0 saturated carbocycles. The summed E-state index contributed by atoms with van der Waals surface area (Å²) >= 11 is 1.55. The van der Waals surface area contributed by atoms with Crippen LogP contribution >= 0.6 is 11.3 Å². The quantitative estimate of drug-likeness (QED) is 0.836. The van der Waals surface area contributed by atoms with Gasteiger partial charge in [-0.15, -0.1) is 11.3 Å². The summed E-state index contributed by atoms with van der Waals surface area (Å²) in [7, 11) is 0.